The van der Waals surface area contributed by atoms with E-state index in [4.69, 9.17) is 21.1 Å². The topological polar surface area (TPSA) is 38.7 Å². The van der Waals surface area contributed by atoms with Gasteiger partial charge in [-0.2, -0.15) is 0 Å². The van der Waals surface area contributed by atoms with Crippen molar-refractivity contribution >= 4 is 11.6 Å². The van der Waals surface area contributed by atoms with Crippen LogP contribution in [0.15, 0.2) is 12.1 Å². The van der Waals surface area contributed by atoms with Gasteiger partial charge < -0.3 is 14.6 Å². The number of ether oxygens (including phenoxy) is 2. The molecule has 0 radical (unpaired) electrons. The Hall–Kier alpha value is -0.930. The van der Waals surface area contributed by atoms with E-state index in [0.29, 0.717) is 29.7 Å². The predicted molar refractivity (Wildman–Crippen MR) is 57.7 cm³/mol. The highest BCUT2D eigenvalue weighted by atomic mass is 35.5. The molecule has 0 unspecified atom stereocenters. The Morgan fingerprint density at radius 3 is 2.80 bits per heavy atom. The molecule has 0 aromatic heterocycles. The summed E-state index contributed by atoms with van der Waals surface area (Å²) in [6, 6.07) is 3.48. The van der Waals surface area contributed by atoms with Gasteiger partial charge in [-0.05, 0) is 24.6 Å². The molecule has 1 N–H and O–H groups in total. The Balaban J connectivity index is 2.44. The van der Waals surface area contributed by atoms with E-state index in [1.165, 1.54) is 0 Å². The van der Waals surface area contributed by atoms with Crippen LogP contribution in [0.2, 0.25) is 5.02 Å². The van der Waals surface area contributed by atoms with Gasteiger partial charge in [0.25, 0.3) is 0 Å². The van der Waals surface area contributed by atoms with Gasteiger partial charge in [-0.3, -0.25) is 0 Å². The highest BCUT2D eigenvalue weighted by Gasteiger charge is 2.16. The minimum atomic E-state index is -0.556. The lowest BCUT2D eigenvalue weighted by molar-refractivity contribution is 0.198. The predicted octanol–water partition coefficient (Wildman–Crippen LogP) is 2.55. The zero-order valence-corrected chi connectivity index (χ0v) is 9.25. The normalized spacial score (nSPS) is 17.0. The van der Waals surface area contributed by atoms with Gasteiger partial charge in [-0.15, -0.1) is 0 Å². The van der Waals surface area contributed by atoms with E-state index in [1.807, 2.05) is 0 Å². The monoisotopic (exact) mass is 228 g/mol. The molecule has 1 aromatic carbocycles. The summed E-state index contributed by atoms with van der Waals surface area (Å²) in [6.45, 7) is 2.92. The van der Waals surface area contributed by atoms with Crippen LogP contribution in [-0.2, 0) is 0 Å². The molecule has 2 rings (SSSR count). The van der Waals surface area contributed by atoms with E-state index in [0.717, 1.165) is 12.0 Å². The maximum absolute atomic E-state index is 9.47. The fraction of sp³-hybridized carbons (Fsp3) is 0.455. The van der Waals surface area contributed by atoms with Gasteiger partial charge in [0, 0.05) is 6.42 Å². The van der Waals surface area contributed by atoms with Crippen molar-refractivity contribution in [2.45, 2.75) is 19.4 Å². The molecule has 15 heavy (non-hydrogen) atoms. The van der Waals surface area contributed by atoms with Crippen molar-refractivity contribution in [1.82, 2.24) is 0 Å². The third-order valence-electron chi connectivity index (χ3n) is 2.31. The van der Waals surface area contributed by atoms with Crippen molar-refractivity contribution in [3.8, 4) is 11.5 Å². The van der Waals surface area contributed by atoms with Gasteiger partial charge in [0.15, 0.2) is 11.5 Å². The Morgan fingerprint density at radius 2 is 2.07 bits per heavy atom. The molecule has 3 nitrogen and oxygen atoms in total. The van der Waals surface area contributed by atoms with Crippen molar-refractivity contribution in [2.75, 3.05) is 13.2 Å². The molecule has 0 saturated heterocycles. The SMILES string of the molecule is C[C@H](O)c1cc(Cl)c2c(c1)OCCCO2. The lowest BCUT2D eigenvalue weighted by Crippen LogP contribution is -1.97. The average molecular weight is 229 g/mol. The van der Waals surface area contributed by atoms with Crippen LogP contribution in [-0.4, -0.2) is 18.3 Å². The summed E-state index contributed by atoms with van der Waals surface area (Å²) in [5, 5.41) is 9.96. The molecular formula is C11H13ClO3. The second-order valence-corrected chi connectivity index (χ2v) is 3.96. The number of rotatable bonds is 1. The van der Waals surface area contributed by atoms with E-state index in [2.05, 4.69) is 0 Å². The first-order valence-electron chi connectivity index (χ1n) is 4.95. The van der Waals surface area contributed by atoms with Gasteiger partial charge in [-0.1, -0.05) is 11.6 Å². The van der Waals surface area contributed by atoms with Crippen molar-refractivity contribution in [1.29, 1.82) is 0 Å². The Morgan fingerprint density at radius 1 is 1.33 bits per heavy atom. The third kappa shape index (κ3) is 2.19. The Bertz CT molecular complexity index is 363. The number of hydrogen-bond acceptors (Lipinski definition) is 3. The largest absolute Gasteiger partial charge is 0.489 e. The van der Waals surface area contributed by atoms with Crippen molar-refractivity contribution < 1.29 is 14.6 Å². The molecule has 0 saturated carbocycles. The van der Waals surface area contributed by atoms with E-state index in [-0.39, 0.29) is 0 Å². The number of aliphatic hydroxyl groups is 1. The zero-order valence-electron chi connectivity index (χ0n) is 8.50. The number of hydrogen-bond donors (Lipinski definition) is 1. The highest BCUT2D eigenvalue weighted by molar-refractivity contribution is 6.32. The third-order valence-corrected chi connectivity index (χ3v) is 2.59. The second kappa shape index (κ2) is 4.29. The van der Waals surface area contributed by atoms with Crippen LogP contribution in [0, 0.1) is 0 Å². The van der Waals surface area contributed by atoms with E-state index in [1.54, 1.807) is 19.1 Å². The quantitative estimate of drug-likeness (QED) is 0.803. The minimum Gasteiger partial charge on any atom is -0.489 e. The smallest absolute Gasteiger partial charge is 0.179 e. The first kappa shape index (κ1) is 10.6. The molecule has 0 spiro atoms. The molecule has 0 bridgehead atoms. The van der Waals surface area contributed by atoms with Gasteiger partial charge in [0.05, 0.1) is 24.3 Å². The molecule has 1 aromatic rings. The van der Waals surface area contributed by atoms with Crippen LogP contribution in [0.25, 0.3) is 0 Å². The summed E-state index contributed by atoms with van der Waals surface area (Å²) < 4.78 is 11.0. The van der Waals surface area contributed by atoms with E-state index < -0.39 is 6.10 Å². The summed E-state index contributed by atoms with van der Waals surface area (Å²) >= 11 is 6.05. The maximum atomic E-state index is 9.47. The first-order chi connectivity index (χ1) is 7.18. The molecule has 1 atom stereocenters. The van der Waals surface area contributed by atoms with Gasteiger partial charge >= 0.3 is 0 Å². The maximum Gasteiger partial charge on any atom is 0.179 e. The summed E-state index contributed by atoms with van der Waals surface area (Å²) in [4.78, 5) is 0. The van der Waals surface area contributed by atoms with Crippen LogP contribution >= 0.6 is 11.6 Å². The zero-order chi connectivity index (χ0) is 10.8. The van der Waals surface area contributed by atoms with Crippen LogP contribution < -0.4 is 9.47 Å². The molecule has 82 valence electrons. The molecule has 0 aliphatic carbocycles. The van der Waals surface area contributed by atoms with Gasteiger partial charge in [0.1, 0.15) is 0 Å². The first-order valence-corrected chi connectivity index (χ1v) is 5.33. The fourth-order valence-corrected chi connectivity index (χ4v) is 1.77. The molecular weight excluding hydrogens is 216 g/mol. The van der Waals surface area contributed by atoms with Crippen molar-refractivity contribution in [2.24, 2.45) is 0 Å². The fourth-order valence-electron chi connectivity index (χ4n) is 1.49. The summed E-state index contributed by atoms with van der Waals surface area (Å²) in [5.74, 6) is 1.20. The Labute approximate surface area is 93.6 Å². The molecule has 1 heterocycles. The van der Waals surface area contributed by atoms with Crippen LogP contribution in [0.4, 0.5) is 0 Å². The van der Waals surface area contributed by atoms with E-state index >= 15 is 0 Å². The average Bonchev–Trinajstić information content (AvgIpc) is 2.42. The van der Waals surface area contributed by atoms with Crippen LogP contribution in [0.1, 0.15) is 25.0 Å². The molecule has 1 aliphatic rings. The molecule has 1 aliphatic heterocycles. The molecule has 0 fully saturated rings. The van der Waals surface area contributed by atoms with Crippen LogP contribution in [0.3, 0.4) is 0 Å². The summed E-state index contributed by atoms with van der Waals surface area (Å²) in [6.07, 6.45) is 0.286. The standard InChI is InChI=1S/C11H13ClO3/c1-7(13)8-5-9(12)11-10(6-8)14-3-2-4-15-11/h5-7,13H,2-4H2,1H3/t7-/m0/s1. The summed E-state index contributed by atoms with van der Waals surface area (Å²) in [7, 11) is 0. The van der Waals surface area contributed by atoms with Gasteiger partial charge in [-0.25, -0.2) is 0 Å². The van der Waals surface area contributed by atoms with Crippen molar-refractivity contribution in [3.63, 3.8) is 0 Å². The minimum absolute atomic E-state index is 0.491. The summed E-state index contributed by atoms with van der Waals surface area (Å²) in [5.41, 5.74) is 0.740. The number of halogens is 1. The van der Waals surface area contributed by atoms with E-state index in [9.17, 15) is 5.11 Å². The second-order valence-electron chi connectivity index (χ2n) is 3.56. The van der Waals surface area contributed by atoms with Crippen molar-refractivity contribution in [3.05, 3.63) is 22.7 Å². The number of benzene rings is 1. The Kier molecular flexibility index (Phi) is 3.03. The molecule has 4 heteroatoms. The van der Waals surface area contributed by atoms with Crippen LogP contribution in [0.5, 0.6) is 11.5 Å². The van der Waals surface area contributed by atoms with Gasteiger partial charge in [0.2, 0.25) is 0 Å². The lowest BCUT2D eigenvalue weighted by Gasteiger charge is -2.12. The number of aliphatic hydroxyl groups excluding tert-OH is 1. The number of fused-ring (bicyclic) bond motifs is 1. The lowest BCUT2D eigenvalue weighted by atomic mass is 10.1. The molecule has 0 amide bonds. The highest BCUT2D eigenvalue weighted by Crippen LogP contribution is 2.39.